The van der Waals surface area contributed by atoms with E-state index in [0.29, 0.717) is 18.1 Å². The van der Waals surface area contributed by atoms with Gasteiger partial charge in [0, 0.05) is 12.5 Å². The Bertz CT molecular complexity index is 545. The fraction of sp³-hybridized carbons (Fsp3) is 0.571. The molecule has 0 radical (unpaired) electrons. The molecular formula is C14H20O4S. The maximum Gasteiger partial charge on any atom is 0.181 e. The molecule has 0 amide bonds. The molecule has 5 heteroatoms. The monoisotopic (exact) mass is 284 g/mol. The maximum absolute atomic E-state index is 12.3. The summed E-state index contributed by atoms with van der Waals surface area (Å²) < 4.78 is 29.8. The number of aliphatic hydroxyl groups excluding tert-OH is 1. The first-order chi connectivity index (χ1) is 8.90. The molecule has 1 saturated heterocycles. The second kappa shape index (κ2) is 5.61. The normalized spacial score (nSPS) is 21.5. The third kappa shape index (κ3) is 3.35. The molecule has 1 N–H and O–H groups in total. The van der Waals surface area contributed by atoms with Crippen LogP contribution in [-0.2, 0) is 14.6 Å². The van der Waals surface area contributed by atoms with E-state index in [1.807, 2.05) is 13.0 Å². The Morgan fingerprint density at radius 1 is 1.42 bits per heavy atom. The molecule has 0 aromatic heterocycles. The fourth-order valence-corrected chi connectivity index (χ4v) is 4.18. The van der Waals surface area contributed by atoms with Gasteiger partial charge < -0.3 is 9.84 Å². The van der Waals surface area contributed by atoms with Gasteiger partial charge in [-0.25, -0.2) is 8.42 Å². The lowest BCUT2D eigenvalue weighted by Crippen LogP contribution is -2.29. The lowest BCUT2D eigenvalue weighted by Gasteiger charge is -2.17. The number of rotatable bonds is 4. The van der Waals surface area contributed by atoms with Gasteiger partial charge in [0.25, 0.3) is 0 Å². The highest BCUT2D eigenvalue weighted by atomic mass is 32.2. The summed E-state index contributed by atoms with van der Waals surface area (Å²) in [7, 11) is -3.45. The van der Waals surface area contributed by atoms with Crippen molar-refractivity contribution in [2.45, 2.75) is 31.3 Å². The van der Waals surface area contributed by atoms with Crippen LogP contribution in [0.25, 0.3) is 0 Å². The van der Waals surface area contributed by atoms with Gasteiger partial charge >= 0.3 is 0 Å². The Morgan fingerprint density at radius 2 is 2.16 bits per heavy atom. The van der Waals surface area contributed by atoms with E-state index in [2.05, 4.69) is 0 Å². The molecule has 2 rings (SSSR count). The highest BCUT2D eigenvalue weighted by molar-refractivity contribution is 7.91. The average molecular weight is 284 g/mol. The minimum absolute atomic E-state index is 0.0690. The molecule has 19 heavy (non-hydrogen) atoms. The van der Waals surface area contributed by atoms with Crippen molar-refractivity contribution in [2.24, 2.45) is 5.92 Å². The number of hydrogen-bond donors (Lipinski definition) is 1. The van der Waals surface area contributed by atoms with E-state index in [-0.39, 0.29) is 11.7 Å². The summed E-state index contributed by atoms with van der Waals surface area (Å²) in [5.41, 5.74) is 1.76. The number of aliphatic hydroxyl groups is 1. The summed E-state index contributed by atoms with van der Waals surface area (Å²) in [6.45, 7) is 4.76. The van der Waals surface area contributed by atoms with Gasteiger partial charge in [-0.15, -0.1) is 0 Å². The molecule has 2 unspecified atom stereocenters. The quantitative estimate of drug-likeness (QED) is 0.909. The minimum Gasteiger partial charge on any atom is -0.392 e. The first-order valence-corrected chi connectivity index (χ1v) is 8.11. The van der Waals surface area contributed by atoms with Gasteiger partial charge in [0.05, 0.1) is 23.4 Å². The molecule has 0 spiro atoms. The molecule has 0 saturated carbocycles. The maximum atomic E-state index is 12.3. The first kappa shape index (κ1) is 14.5. The van der Waals surface area contributed by atoms with Crippen molar-refractivity contribution in [3.63, 3.8) is 0 Å². The summed E-state index contributed by atoms with van der Waals surface area (Å²) in [5, 5.41) is 10.0. The van der Waals surface area contributed by atoms with Gasteiger partial charge in [-0.3, -0.25) is 0 Å². The van der Waals surface area contributed by atoms with E-state index in [0.717, 1.165) is 17.5 Å². The van der Waals surface area contributed by atoms with Crippen LogP contribution in [0.1, 0.15) is 17.5 Å². The molecule has 1 heterocycles. The molecule has 0 aliphatic carbocycles. The zero-order valence-electron chi connectivity index (χ0n) is 11.3. The third-order valence-corrected chi connectivity index (χ3v) is 5.47. The molecule has 4 nitrogen and oxygen atoms in total. The fourth-order valence-electron chi connectivity index (χ4n) is 2.46. The zero-order valence-corrected chi connectivity index (χ0v) is 12.1. The third-order valence-electron chi connectivity index (χ3n) is 3.56. The van der Waals surface area contributed by atoms with Crippen molar-refractivity contribution in [1.82, 2.24) is 0 Å². The summed E-state index contributed by atoms with van der Waals surface area (Å²) in [6.07, 6.45) is -0.128. The van der Waals surface area contributed by atoms with E-state index in [1.165, 1.54) is 0 Å². The zero-order chi connectivity index (χ0) is 14.0. The second-order valence-corrected chi connectivity index (χ2v) is 7.24. The summed E-state index contributed by atoms with van der Waals surface area (Å²) in [6, 6.07) is 5.25. The van der Waals surface area contributed by atoms with Gasteiger partial charge in [0.15, 0.2) is 9.84 Å². The number of hydrogen-bond acceptors (Lipinski definition) is 4. The molecule has 1 aromatic rings. The summed E-state index contributed by atoms with van der Waals surface area (Å²) in [5.74, 6) is -0.300. The van der Waals surface area contributed by atoms with Gasteiger partial charge in [-0.1, -0.05) is 17.7 Å². The Kier molecular flexibility index (Phi) is 4.28. The highest BCUT2D eigenvalue weighted by Crippen LogP contribution is 2.23. The van der Waals surface area contributed by atoms with E-state index in [1.54, 1.807) is 19.1 Å². The second-order valence-electron chi connectivity index (χ2n) is 5.24. The van der Waals surface area contributed by atoms with Gasteiger partial charge in [-0.05, 0) is 31.9 Å². The standard InChI is InChI=1S/C14H20O4S/c1-10-3-4-14(11(2)7-10)19(16,17)9-13(15)12-5-6-18-8-12/h3-4,7,12-13,15H,5-6,8-9H2,1-2H3. The van der Waals surface area contributed by atoms with Crippen LogP contribution in [0.2, 0.25) is 0 Å². The molecule has 0 bridgehead atoms. The van der Waals surface area contributed by atoms with Crippen LogP contribution >= 0.6 is 0 Å². The van der Waals surface area contributed by atoms with Crippen LogP contribution in [0.5, 0.6) is 0 Å². The van der Waals surface area contributed by atoms with Crippen molar-refractivity contribution in [2.75, 3.05) is 19.0 Å². The molecular weight excluding hydrogens is 264 g/mol. The van der Waals surface area contributed by atoms with Crippen LogP contribution in [0.4, 0.5) is 0 Å². The van der Waals surface area contributed by atoms with Crippen LogP contribution < -0.4 is 0 Å². The van der Waals surface area contributed by atoms with Crippen molar-refractivity contribution < 1.29 is 18.3 Å². The Morgan fingerprint density at radius 3 is 2.74 bits per heavy atom. The largest absolute Gasteiger partial charge is 0.392 e. The molecule has 1 aliphatic rings. The van der Waals surface area contributed by atoms with E-state index < -0.39 is 15.9 Å². The van der Waals surface area contributed by atoms with E-state index in [4.69, 9.17) is 4.74 Å². The number of aryl methyl sites for hydroxylation is 2. The lowest BCUT2D eigenvalue weighted by atomic mass is 10.0. The Balaban J connectivity index is 2.17. The van der Waals surface area contributed by atoms with Crippen LogP contribution in [-0.4, -0.2) is 38.6 Å². The SMILES string of the molecule is Cc1ccc(S(=O)(=O)CC(O)C2CCOC2)c(C)c1. The lowest BCUT2D eigenvalue weighted by molar-refractivity contribution is 0.108. The molecule has 1 aliphatic heterocycles. The van der Waals surface area contributed by atoms with E-state index in [9.17, 15) is 13.5 Å². The van der Waals surface area contributed by atoms with Crippen molar-refractivity contribution >= 4 is 9.84 Å². The number of benzene rings is 1. The number of ether oxygens (including phenoxy) is 1. The van der Waals surface area contributed by atoms with Crippen LogP contribution in [0, 0.1) is 19.8 Å². The first-order valence-electron chi connectivity index (χ1n) is 6.46. The van der Waals surface area contributed by atoms with Crippen molar-refractivity contribution in [1.29, 1.82) is 0 Å². The van der Waals surface area contributed by atoms with Crippen LogP contribution in [0.15, 0.2) is 23.1 Å². The van der Waals surface area contributed by atoms with Gasteiger partial charge in [0.2, 0.25) is 0 Å². The Hall–Kier alpha value is -0.910. The molecule has 1 fully saturated rings. The summed E-state index contributed by atoms with van der Waals surface area (Å²) in [4.78, 5) is 0.316. The van der Waals surface area contributed by atoms with Crippen molar-refractivity contribution in [3.05, 3.63) is 29.3 Å². The Labute approximate surface area is 114 Å². The van der Waals surface area contributed by atoms with Crippen LogP contribution in [0.3, 0.4) is 0 Å². The van der Waals surface area contributed by atoms with Gasteiger partial charge in [-0.2, -0.15) is 0 Å². The van der Waals surface area contributed by atoms with Gasteiger partial charge in [0.1, 0.15) is 0 Å². The smallest absolute Gasteiger partial charge is 0.181 e. The minimum atomic E-state index is -3.45. The summed E-state index contributed by atoms with van der Waals surface area (Å²) >= 11 is 0. The predicted octanol–water partition coefficient (Wildman–Crippen LogP) is 1.47. The van der Waals surface area contributed by atoms with E-state index >= 15 is 0 Å². The molecule has 1 aromatic carbocycles. The highest BCUT2D eigenvalue weighted by Gasteiger charge is 2.29. The number of sulfone groups is 1. The molecule has 2 atom stereocenters. The predicted molar refractivity (Wildman–Crippen MR) is 72.9 cm³/mol. The van der Waals surface area contributed by atoms with Crippen molar-refractivity contribution in [3.8, 4) is 0 Å². The average Bonchev–Trinajstić information content (AvgIpc) is 2.80. The topological polar surface area (TPSA) is 63.6 Å². The molecule has 106 valence electrons.